The van der Waals surface area contributed by atoms with Gasteiger partial charge >= 0.3 is 0 Å². The van der Waals surface area contributed by atoms with Crippen LogP contribution in [0.25, 0.3) is 0 Å². The Bertz CT molecular complexity index is 557. The molecule has 0 saturated heterocycles. The van der Waals surface area contributed by atoms with E-state index in [4.69, 9.17) is 20.9 Å². The van der Waals surface area contributed by atoms with Gasteiger partial charge in [-0.1, -0.05) is 19.4 Å². The van der Waals surface area contributed by atoms with Crippen molar-refractivity contribution in [3.05, 3.63) is 23.8 Å². The summed E-state index contributed by atoms with van der Waals surface area (Å²) in [5.74, 6) is 2.14. The molecule has 0 aromatic heterocycles. The first kappa shape index (κ1) is 15.9. The monoisotopic (exact) mass is 305 g/mol. The number of nitrogens with zero attached hydrogens (tertiary/aromatic N) is 2. The number of hydrogen-bond acceptors (Lipinski definition) is 4. The molecule has 0 bridgehead atoms. The summed E-state index contributed by atoms with van der Waals surface area (Å²) in [6, 6.07) is 5.86. The lowest BCUT2D eigenvalue weighted by Crippen LogP contribution is -2.41. The summed E-state index contributed by atoms with van der Waals surface area (Å²) in [5, 5.41) is 2.78. The Morgan fingerprint density at radius 1 is 1.14 bits per heavy atom. The maximum Gasteiger partial charge on any atom is 0.231 e. The lowest BCUT2D eigenvalue weighted by Gasteiger charge is -2.05. The molecule has 0 atom stereocenters. The molecular formula is C15H23N5O2. The number of unbranched alkanes of at least 4 members (excludes halogenated alkanes) is 1. The van der Waals surface area contributed by atoms with Crippen molar-refractivity contribution in [2.75, 3.05) is 19.9 Å². The summed E-state index contributed by atoms with van der Waals surface area (Å²) in [5.41, 5.74) is 12.6. The fourth-order valence-corrected chi connectivity index (χ4v) is 1.97. The molecule has 1 heterocycles. The van der Waals surface area contributed by atoms with E-state index < -0.39 is 0 Å². The normalized spacial score (nSPS) is 14.2. The molecule has 0 unspecified atom stereocenters. The number of fused-ring (bicyclic) bond motifs is 1. The molecule has 0 amide bonds. The van der Waals surface area contributed by atoms with E-state index >= 15 is 0 Å². The Morgan fingerprint density at radius 2 is 1.86 bits per heavy atom. The molecule has 7 heteroatoms. The van der Waals surface area contributed by atoms with E-state index in [0.29, 0.717) is 19.0 Å². The lowest BCUT2D eigenvalue weighted by atomic mass is 10.1. The van der Waals surface area contributed by atoms with Crippen molar-refractivity contribution in [3.63, 3.8) is 0 Å². The lowest BCUT2D eigenvalue weighted by molar-refractivity contribution is 0.174. The van der Waals surface area contributed by atoms with Crippen LogP contribution in [0.3, 0.4) is 0 Å². The van der Waals surface area contributed by atoms with Crippen LogP contribution in [0.4, 0.5) is 0 Å². The van der Waals surface area contributed by atoms with Crippen LogP contribution >= 0.6 is 0 Å². The van der Waals surface area contributed by atoms with E-state index in [-0.39, 0.29) is 12.8 Å². The van der Waals surface area contributed by atoms with Crippen LogP contribution in [0.5, 0.6) is 11.5 Å². The van der Waals surface area contributed by atoms with Gasteiger partial charge in [-0.2, -0.15) is 0 Å². The van der Waals surface area contributed by atoms with Crippen LogP contribution in [-0.2, 0) is 6.42 Å². The van der Waals surface area contributed by atoms with E-state index in [0.717, 1.165) is 36.3 Å². The number of guanidine groups is 2. The zero-order valence-electron chi connectivity index (χ0n) is 12.8. The van der Waals surface area contributed by atoms with Gasteiger partial charge in [0.2, 0.25) is 6.79 Å². The van der Waals surface area contributed by atoms with Gasteiger partial charge in [0, 0.05) is 13.1 Å². The highest BCUT2D eigenvalue weighted by atomic mass is 16.7. The summed E-state index contributed by atoms with van der Waals surface area (Å²) in [7, 11) is 0. The van der Waals surface area contributed by atoms with Gasteiger partial charge in [0.05, 0.1) is 0 Å². The first-order valence-corrected chi connectivity index (χ1v) is 7.44. The highest BCUT2D eigenvalue weighted by Crippen LogP contribution is 2.32. The maximum absolute atomic E-state index is 5.77. The zero-order chi connectivity index (χ0) is 15.8. The predicted molar refractivity (Wildman–Crippen MR) is 87.3 cm³/mol. The Balaban J connectivity index is 1.78. The van der Waals surface area contributed by atoms with Crippen molar-refractivity contribution in [3.8, 4) is 11.5 Å². The Hall–Kier alpha value is -2.44. The number of nitrogens with one attached hydrogen (secondary N) is 1. The molecular weight excluding hydrogens is 282 g/mol. The summed E-state index contributed by atoms with van der Waals surface area (Å²) in [4.78, 5) is 8.38. The van der Waals surface area contributed by atoms with Crippen LogP contribution in [0.15, 0.2) is 28.2 Å². The Morgan fingerprint density at radius 3 is 2.64 bits per heavy atom. The minimum atomic E-state index is 0.276. The van der Waals surface area contributed by atoms with E-state index in [1.54, 1.807) is 0 Å². The second-order valence-corrected chi connectivity index (χ2v) is 4.95. The first-order chi connectivity index (χ1) is 10.7. The van der Waals surface area contributed by atoms with Crippen LogP contribution in [-0.4, -0.2) is 31.8 Å². The van der Waals surface area contributed by atoms with Gasteiger partial charge in [-0.25, -0.2) is 0 Å². The molecule has 0 fully saturated rings. The van der Waals surface area contributed by atoms with Gasteiger partial charge in [-0.3, -0.25) is 15.3 Å². The molecule has 1 aromatic rings. The molecule has 22 heavy (non-hydrogen) atoms. The largest absolute Gasteiger partial charge is 0.454 e. The summed E-state index contributed by atoms with van der Waals surface area (Å²) < 4.78 is 10.6. The number of aliphatic imine (C=N–C) groups is 2. The molecule has 0 aliphatic carbocycles. The van der Waals surface area contributed by atoms with Gasteiger partial charge in [-0.05, 0) is 30.5 Å². The third kappa shape index (κ3) is 4.83. The van der Waals surface area contributed by atoms with Gasteiger partial charge in [0.1, 0.15) is 0 Å². The van der Waals surface area contributed by atoms with Crippen LogP contribution in [0, 0.1) is 0 Å². The van der Waals surface area contributed by atoms with E-state index in [1.807, 2.05) is 18.2 Å². The van der Waals surface area contributed by atoms with Crippen molar-refractivity contribution >= 4 is 11.9 Å². The number of ether oxygens (including phenoxy) is 2. The molecule has 1 aliphatic rings. The van der Waals surface area contributed by atoms with Gasteiger partial charge in [0.25, 0.3) is 0 Å². The minimum Gasteiger partial charge on any atom is -0.454 e. The summed E-state index contributed by atoms with van der Waals surface area (Å²) in [6.07, 6.45) is 2.84. The van der Waals surface area contributed by atoms with Gasteiger partial charge < -0.3 is 20.9 Å². The third-order valence-corrected chi connectivity index (χ3v) is 3.17. The second-order valence-electron chi connectivity index (χ2n) is 4.95. The van der Waals surface area contributed by atoms with Crippen molar-refractivity contribution in [1.82, 2.24) is 5.32 Å². The Kier molecular flexibility index (Phi) is 5.88. The average Bonchev–Trinajstić information content (AvgIpc) is 2.95. The fourth-order valence-electron chi connectivity index (χ4n) is 1.97. The van der Waals surface area contributed by atoms with E-state index in [9.17, 15) is 0 Å². The van der Waals surface area contributed by atoms with Crippen molar-refractivity contribution in [2.24, 2.45) is 21.5 Å². The quantitative estimate of drug-likeness (QED) is 0.412. The maximum atomic E-state index is 5.77. The first-order valence-electron chi connectivity index (χ1n) is 7.44. The second kappa shape index (κ2) is 8.11. The molecule has 2 rings (SSSR count). The van der Waals surface area contributed by atoms with Crippen molar-refractivity contribution in [1.29, 1.82) is 0 Å². The molecule has 5 N–H and O–H groups in total. The van der Waals surface area contributed by atoms with E-state index in [1.165, 1.54) is 0 Å². The topological polar surface area (TPSA) is 107 Å². The summed E-state index contributed by atoms with van der Waals surface area (Å²) >= 11 is 0. The highest BCUT2D eigenvalue weighted by molar-refractivity contribution is 5.97. The van der Waals surface area contributed by atoms with Crippen LogP contribution < -0.4 is 26.3 Å². The molecule has 7 nitrogen and oxygen atoms in total. The smallest absolute Gasteiger partial charge is 0.231 e. The standard InChI is InChI=1S/C15H23N5O2/c1-2-3-7-18-14(16)20-15(17)19-8-6-11-4-5-12-13(9-11)22-10-21-12/h4-5,9H,2-3,6-8,10H2,1H3,(H5,16,17,18,19,20). The molecule has 0 radical (unpaired) electrons. The van der Waals surface area contributed by atoms with Gasteiger partial charge in [-0.15, -0.1) is 0 Å². The minimum absolute atomic E-state index is 0.276. The Labute approximate surface area is 130 Å². The predicted octanol–water partition coefficient (Wildman–Crippen LogP) is 0.977. The molecule has 1 aliphatic heterocycles. The zero-order valence-corrected chi connectivity index (χ0v) is 12.8. The van der Waals surface area contributed by atoms with Crippen LogP contribution in [0.2, 0.25) is 0 Å². The molecule has 0 spiro atoms. The van der Waals surface area contributed by atoms with Crippen molar-refractivity contribution < 1.29 is 9.47 Å². The van der Waals surface area contributed by atoms with Gasteiger partial charge in [0.15, 0.2) is 23.4 Å². The van der Waals surface area contributed by atoms with Crippen molar-refractivity contribution in [2.45, 2.75) is 26.2 Å². The molecule has 1 aromatic carbocycles. The number of rotatable bonds is 6. The highest BCUT2D eigenvalue weighted by Gasteiger charge is 2.12. The SMILES string of the molecule is CCCCN=C(N)NC(N)=NCCc1ccc2c(c1)OCO2. The number of benzene rings is 1. The van der Waals surface area contributed by atoms with Crippen LogP contribution in [0.1, 0.15) is 25.3 Å². The third-order valence-electron chi connectivity index (χ3n) is 3.17. The molecule has 0 saturated carbocycles. The average molecular weight is 305 g/mol. The number of hydrogen-bond donors (Lipinski definition) is 3. The number of nitrogens with two attached hydrogens (primary N) is 2. The summed E-state index contributed by atoms with van der Waals surface area (Å²) in [6.45, 7) is 3.63. The molecule has 120 valence electrons. The fraction of sp³-hybridized carbons (Fsp3) is 0.467. The van der Waals surface area contributed by atoms with E-state index in [2.05, 4.69) is 22.2 Å².